The van der Waals surface area contributed by atoms with Crippen molar-refractivity contribution in [3.8, 4) is 0 Å². The Morgan fingerprint density at radius 1 is 0.389 bits per heavy atom. The van der Waals surface area contributed by atoms with Crippen LogP contribution in [-0.4, -0.2) is 26.4 Å². The number of halogens is 8. The van der Waals surface area contributed by atoms with Crippen molar-refractivity contribution in [3.63, 3.8) is 0 Å². The van der Waals surface area contributed by atoms with E-state index in [2.05, 4.69) is 31.6 Å². The minimum Gasteiger partial charge on any atom is -0.303 e. The smallest absolute Gasteiger partial charge is 0.303 e. The molecule has 4 unspecified atom stereocenters. The molecule has 0 aromatic rings. The van der Waals surface area contributed by atoms with E-state index in [1.54, 1.807) is 0 Å². The molecule has 1 aliphatic rings. The van der Waals surface area contributed by atoms with E-state index >= 15 is 16.8 Å². The molecule has 1 aliphatic heterocycles. The highest BCUT2D eigenvalue weighted by molar-refractivity contribution is 7.78. The highest BCUT2D eigenvalue weighted by Gasteiger charge is 2.41. The molecule has 10 nitrogen and oxygen atoms in total. The Morgan fingerprint density at radius 3 is 0.944 bits per heavy atom. The van der Waals surface area contributed by atoms with Crippen LogP contribution in [0.15, 0.2) is 27.1 Å². The van der Waals surface area contributed by atoms with E-state index < -0.39 is 73.1 Å². The highest BCUT2D eigenvalue weighted by Crippen LogP contribution is 2.82. The predicted octanol–water partition coefficient (Wildman–Crippen LogP) is 13.1. The van der Waals surface area contributed by atoms with Crippen molar-refractivity contribution >= 4 is 46.6 Å². The van der Waals surface area contributed by atoms with Gasteiger partial charge in [-0.2, -0.15) is 16.8 Å². The van der Waals surface area contributed by atoms with E-state index in [4.69, 9.17) is 9.05 Å². The van der Waals surface area contributed by atoms with Gasteiger partial charge in [0.15, 0.2) is 0 Å². The van der Waals surface area contributed by atoms with Crippen LogP contribution in [0.3, 0.4) is 0 Å². The second-order valence-corrected chi connectivity index (χ2v) is 17.6. The van der Waals surface area contributed by atoms with E-state index in [0.29, 0.717) is 0 Å². The second kappa shape index (κ2) is 14.3. The summed E-state index contributed by atoms with van der Waals surface area (Å²) in [5, 5.41) is 0. The van der Waals surface area contributed by atoms with Crippen LogP contribution >= 0.6 is 46.6 Å². The van der Waals surface area contributed by atoms with Gasteiger partial charge in [0.2, 0.25) is 0 Å². The van der Waals surface area contributed by atoms with Gasteiger partial charge in [0, 0.05) is 0 Å². The van der Waals surface area contributed by atoms with Crippen molar-refractivity contribution < 1.29 is 51.7 Å². The average molecular weight is 658 g/mol. The number of rotatable bonds is 12. The summed E-state index contributed by atoms with van der Waals surface area (Å²) in [6.07, 6.45) is 0.103. The standard InChI is InChI=1S/C12H28F8N6O4P6/c1-5-9-27-33(17)22-31(13,14)21-32(15,16)23-34(18,28-10-6-2)25-36(20,30-12-8-4)26-35(19,24-33)29-11-7-3/h5-12H2,1-4H3. The molecule has 0 saturated heterocycles. The number of hydrogen-bond donors (Lipinski definition) is 0. The molecule has 0 aromatic carbocycles. The van der Waals surface area contributed by atoms with Gasteiger partial charge < -0.3 is 18.1 Å². The normalized spacial score (nSPS) is 34.3. The molecule has 0 aromatic heterocycles. The van der Waals surface area contributed by atoms with Crippen molar-refractivity contribution in [1.29, 1.82) is 0 Å². The summed E-state index contributed by atoms with van der Waals surface area (Å²) in [6.45, 7) is 3.36. The molecule has 1 rings (SSSR count). The van der Waals surface area contributed by atoms with Gasteiger partial charge >= 0.3 is 46.6 Å². The van der Waals surface area contributed by atoms with E-state index in [1.807, 2.05) is 4.52 Å². The molecule has 0 radical (unpaired) electrons. The monoisotopic (exact) mass is 658 g/mol. The van der Waals surface area contributed by atoms with E-state index in [1.165, 1.54) is 27.7 Å². The van der Waals surface area contributed by atoms with Gasteiger partial charge in [0.05, 0.1) is 26.4 Å². The summed E-state index contributed by atoms with van der Waals surface area (Å²) < 4.78 is 154. The van der Waals surface area contributed by atoms with Gasteiger partial charge in [-0.25, -0.2) is 0 Å². The summed E-state index contributed by atoms with van der Waals surface area (Å²) in [7, 11) is -36.3. The minimum atomic E-state index is -6.68. The Hall–Kier alpha value is 0.660. The first-order valence-corrected chi connectivity index (χ1v) is 19.4. The fourth-order valence-corrected chi connectivity index (χ4v) is 14.5. The Balaban J connectivity index is 4.29. The molecule has 0 aliphatic carbocycles. The molecular weight excluding hydrogens is 630 g/mol. The van der Waals surface area contributed by atoms with E-state index in [-0.39, 0.29) is 25.7 Å². The maximum Gasteiger partial charge on any atom is 0.425 e. The minimum absolute atomic E-state index is 0.000334. The molecule has 36 heavy (non-hydrogen) atoms. The SMILES string of the molecule is CCCOP1(F)=NP(F)(F)=NP(F)(F)=NP(F)(OCCC)=NP(F)(OCCC)=NP(F)(OCCC)=N1. The fraction of sp³-hybridized carbons (Fsp3) is 1.00. The molecule has 1 heterocycles. The molecule has 4 atom stereocenters. The van der Waals surface area contributed by atoms with Crippen molar-refractivity contribution in [1.82, 2.24) is 0 Å². The Kier molecular flexibility index (Phi) is 13.8. The summed E-state index contributed by atoms with van der Waals surface area (Å²) in [5.41, 5.74) is 0. The van der Waals surface area contributed by atoms with Gasteiger partial charge in [-0.05, 0) is 25.7 Å². The summed E-state index contributed by atoms with van der Waals surface area (Å²) >= 11 is 0. The molecule has 0 spiro atoms. The van der Waals surface area contributed by atoms with Crippen LogP contribution in [0, 0.1) is 0 Å². The lowest BCUT2D eigenvalue weighted by molar-refractivity contribution is 0.310. The highest BCUT2D eigenvalue weighted by atomic mass is 31.3. The molecule has 0 amide bonds. The zero-order valence-electron chi connectivity index (χ0n) is 19.7. The van der Waals surface area contributed by atoms with Crippen LogP contribution in [0.5, 0.6) is 0 Å². The number of hydrogen-bond acceptors (Lipinski definition) is 10. The maximum atomic E-state index is 15.8. The third kappa shape index (κ3) is 12.2. The largest absolute Gasteiger partial charge is 0.425 e. The predicted molar refractivity (Wildman–Crippen MR) is 130 cm³/mol. The molecule has 0 saturated carbocycles. The van der Waals surface area contributed by atoms with Crippen molar-refractivity contribution in [3.05, 3.63) is 0 Å². The second-order valence-electron chi connectivity index (χ2n) is 6.67. The Morgan fingerprint density at radius 2 is 0.639 bits per heavy atom. The first kappa shape index (κ1) is 34.7. The quantitative estimate of drug-likeness (QED) is 0.153. The topological polar surface area (TPSA) is 111 Å². The summed E-state index contributed by atoms with van der Waals surface area (Å²) in [6, 6.07) is 0. The van der Waals surface area contributed by atoms with Crippen LogP contribution in [-0.2, 0) is 18.1 Å². The van der Waals surface area contributed by atoms with Crippen molar-refractivity contribution in [2.24, 2.45) is 27.1 Å². The third-order valence-corrected chi connectivity index (χ3v) is 15.7. The van der Waals surface area contributed by atoms with Crippen LogP contribution < -0.4 is 0 Å². The molecule has 0 bridgehead atoms. The molecule has 216 valence electrons. The lowest BCUT2D eigenvalue weighted by atomic mass is 10.5. The molecule has 0 N–H and O–H groups in total. The van der Waals surface area contributed by atoms with Crippen LogP contribution in [0.4, 0.5) is 33.6 Å². The molecular formula is C12H28F8N6O4P6. The van der Waals surface area contributed by atoms with E-state index in [0.717, 1.165) is 0 Å². The van der Waals surface area contributed by atoms with Gasteiger partial charge in [0.1, 0.15) is 0 Å². The van der Waals surface area contributed by atoms with Crippen molar-refractivity contribution in [2.45, 2.75) is 53.4 Å². The van der Waals surface area contributed by atoms with Gasteiger partial charge in [-0.15, -0.1) is 43.9 Å². The molecule has 24 heteroatoms. The van der Waals surface area contributed by atoms with Gasteiger partial charge in [-0.1, -0.05) is 27.7 Å². The van der Waals surface area contributed by atoms with Crippen LogP contribution in [0.25, 0.3) is 0 Å². The zero-order valence-corrected chi connectivity index (χ0v) is 25.0. The molecule has 0 fully saturated rings. The Labute approximate surface area is 205 Å². The van der Waals surface area contributed by atoms with Gasteiger partial charge in [-0.3, -0.25) is 0 Å². The number of nitrogens with zero attached hydrogens (tertiary/aromatic N) is 6. The van der Waals surface area contributed by atoms with Gasteiger partial charge in [0.25, 0.3) is 0 Å². The third-order valence-electron chi connectivity index (χ3n) is 3.15. The fourth-order valence-electron chi connectivity index (χ4n) is 1.95. The lowest BCUT2D eigenvalue weighted by Gasteiger charge is -2.20. The summed E-state index contributed by atoms with van der Waals surface area (Å²) in [4.78, 5) is 0. The maximum absolute atomic E-state index is 15.8. The van der Waals surface area contributed by atoms with Crippen LogP contribution in [0.2, 0.25) is 0 Å². The first-order chi connectivity index (χ1) is 16.5. The average Bonchev–Trinajstić information content (AvgIpc) is 2.70. The van der Waals surface area contributed by atoms with E-state index in [9.17, 15) is 16.8 Å². The first-order valence-electron chi connectivity index (χ1n) is 10.5. The van der Waals surface area contributed by atoms with Crippen LogP contribution in [0.1, 0.15) is 53.4 Å². The zero-order chi connectivity index (χ0) is 27.7. The lowest BCUT2D eigenvalue weighted by Crippen LogP contribution is -1.92. The Bertz CT molecular complexity index is 1060. The summed E-state index contributed by atoms with van der Waals surface area (Å²) in [5.74, 6) is 0. The van der Waals surface area contributed by atoms with Crippen molar-refractivity contribution in [2.75, 3.05) is 26.4 Å².